The van der Waals surface area contributed by atoms with Crippen molar-refractivity contribution in [2.45, 2.75) is 25.3 Å². The average molecular weight is 291 g/mol. The summed E-state index contributed by atoms with van der Waals surface area (Å²) in [6.45, 7) is 0.445. The van der Waals surface area contributed by atoms with Crippen LogP contribution in [0.25, 0.3) is 0 Å². The van der Waals surface area contributed by atoms with Gasteiger partial charge in [-0.25, -0.2) is 9.18 Å². The maximum Gasteiger partial charge on any atom is 0.322 e. The van der Waals surface area contributed by atoms with Gasteiger partial charge >= 0.3 is 12.0 Å². The standard InChI is InChI=1S/C14H14FN3O3/c15-11-4-1-5-12(10(11)8-16)17-14(21)18-6-2-3-9(18)7-13(19)20/h1,4-5,9H,2-3,6-7H2,(H,17,21)(H,19,20). The van der Waals surface area contributed by atoms with E-state index in [9.17, 15) is 14.0 Å². The summed E-state index contributed by atoms with van der Waals surface area (Å²) in [5, 5.41) is 20.2. The van der Waals surface area contributed by atoms with Crippen LogP contribution in [0.1, 0.15) is 24.8 Å². The second-order valence-electron chi connectivity index (χ2n) is 4.79. The molecular formula is C14H14FN3O3. The molecule has 0 saturated carbocycles. The minimum atomic E-state index is -0.969. The molecule has 1 saturated heterocycles. The minimum Gasteiger partial charge on any atom is -0.481 e. The normalized spacial score (nSPS) is 17.3. The smallest absolute Gasteiger partial charge is 0.322 e. The van der Waals surface area contributed by atoms with E-state index >= 15 is 0 Å². The summed E-state index contributed by atoms with van der Waals surface area (Å²) in [6.07, 6.45) is 1.22. The number of carbonyl (C=O) groups excluding carboxylic acids is 1. The highest BCUT2D eigenvalue weighted by atomic mass is 19.1. The van der Waals surface area contributed by atoms with Crippen LogP contribution in [0.4, 0.5) is 14.9 Å². The van der Waals surface area contributed by atoms with Gasteiger partial charge in [0, 0.05) is 12.6 Å². The molecule has 2 amide bonds. The van der Waals surface area contributed by atoms with Gasteiger partial charge in [0.1, 0.15) is 17.4 Å². The fraction of sp³-hybridized carbons (Fsp3) is 0.357. The molecule has 1 heterocycles. The van der Waals surface area contributed by atoms with Gasteiger partial charge in [-0.3, -0.25) is 4.79 Å². The Morgan fingerprint density at radius 1 is 1.52 bits per heavy atom. The Morgan fingerprint density at radius 3 is 2.95 bits per heavy atom. The summed E-state index contributed by atoms with van der Waals surface area (Å²) in [4.78, 5) is 24.4. The Morgan fingerprint density at radius 2 is 2.29 bits per heavy atom. The molecule has 6 nitrogen and oxygen atoms in total. The Kier molecular flexibility index (Phi) is 4.38. The van der Waals surface area contributed by atoms with Crippen LogP contribution in [0.2, 0.25) is 0 Å². The van der Waals surface area contributed by atoms with E-state index in [1.54, 1.807) is 6.07 Å². The quantitative estimate of drug-likeness (QED) is 0.892. The fourth-order valence-electron chi connectivity index (χ4n) is 2.45. The number of urea groups is 1. The Bertz CT molecular complexity index is 612. The molecule has 0 bridgehead atoms. The van der Waals surface area contributed by atoms with Gasteiger partial charge < -0.3 is 15.3 Å². The van der Waals surface area contributed by atoms with Crippen LogP contribution in [0.5, 0.6) is 0 Å². The van der Waals surface area contributed by atoms with E-state index in [4.69, 9.17) is 10.4 Å². The first-order chi connectivity index (χ1) is 10.0. The van der Waals surface area contributed by atoms with Gasteiger partial charge in [-0.05, 0) is 25.0 Å². The zero-order valence-electron chi connectivity index (χ0n) is 11.2. The van der Waals surface area contributed by atoms with Crippen molar-refractivity contribution >= 4 is 17.7 Å². The molecule has 0 aromatic heterocycles. The van der Waals surface area contributed by atoms with Crippen LogP contribution in [-0.2, 0) is 4.79 Å². The summed E-state index contributed by atoms with van der Waals surface area (Å²) < 4.78 is 13.5. The van der Waals surface area contributed by atoms with Gasteiger partial charge in [-0.1, -0.05) is 6.07 Å². The number of nitriles is 1. The number of nitrogens with one attached hydrogen (secondary N) is 1. The van der Waals surface area contributed by atoms with Crippen LogP contribution < -0.4 is 5.32 Å². The second kappa shape index (κ2) is 6.22. The monoisotopic (exact) mass is 291 g/mol. The molecule has 1 fully saturated rings. The molecule has 0 radical (unpaired) electrons. The van der Waals surface area contributed by atoms with E-state index in [0.29, 0.717) is 13.0 Å². The van der Waals surface area contributed by atoms with Crippen LogP contribution in [0.15, 0.2) is 18.2 Å². The fourth-order valence-corrected chi connectivity index (χ4v) is 2.45. The molecule has 110 valence electrons. The molecule has 1 unspecified atom stereocenters. The number of carbonyl (C=O) groups is 2. The lowest BCUT2D eigenvalue weighted by molar-refractivity contribution is -0.137. The van der Waals surface area contributed by atoms with Crippen molar-refractivity contribution in [3.8, 4) is 6.07 Å². The Labute approximate surface area is 120 Å². The number of aliphatic carboxylic acids is 1. The topological polar surface area (TPSA) is 93.4 Å². The van der Waals surface area contributed by atoms with Crippen LogP contribution in [0.3, 0.4) is 0 Å². The van der Waals surface area contributed by atoms with Crippen LogP contribution in [0, 0.1) is 17.1 Å². The van der Waals surface area contributed by atoms with Gasteiger partial charge in [0.2, 0.25) is 0 Å². The molecule has 7 heteroatoms. The molecule has 1 aliphatic rings. The number of anilines is 1. The number of halogens is 1. The number of hydrogen-bond donors (Lipinski definition) is 2. The number of rotatable bonds is 3. The molecule has 0 spiro atoms. The van der Waals surface area contributed by atoms with Crippen LogP contribution >= 0.6 is 0 Å². The Balaban J connectivity index is 2.13. The lowest BCUT2D eigenvalue weighted by Crippen LogP contribution is -2.39. The molecule has 1 aromatic rings. The van der Waals surface area contributed by atoms with E-state index in [1.165, 1.54) is 17.0 Å². The van der Waals surface area contributed by atoms with Crippen LogP contribution in [-0.4, -0.2) is 34.6 Å². The van der Waals surface area contributed by atoms with E-state index in [1.807, 2.05) is 0 Å². The highest BCUT2D eigenvalue weighted by Crippen LogP contribution is 2.23. The lowest BCUT2D eigenvalue weighted by atomic mass is 10.1. The summed E-state index contributed by atoms with van der Waals surface area (Å²) in [7, 11) is 0. The number of likely N-dealkylation sites (tertiary alicyclic amines) is 1. The molecule has 0 aliphatic carbocycles. The molecule has 1 atom stereocenters. The van der Waals surface area contributed by atoms with Crippen molar-refractivity contribution in [3.63, 3.8) is 0 Å². The number of nitrogens with zero attached hydrogens (tertiary/aromatic N) is 2. The molecule has 2 N–H and O–H groups in total. The van der Waals surface area contributed by atoms with Crippen molar-refractivity contribution in [1.29, 1.82) is 5.26 Å². The minimum absolute atomic E-state index is 0.0866. The molecule has 21 heavy (non-hydrogen) atoms. The van der Waals surface area contributed by atoms with Gasteiger partial charge in [0.05, 0.1) is 12.1 Å². The number of amides is 2. The summed E-state index contributed by atoms with van der Waals surface area (Å²) in [5.41, 5.74) is -0.150. The summed E-state index contributed by atoms with van der Waals surface area (Å²) in [6, 6.07) is 4.78. The van der Waals surface area contributed by atoms with Gasteiger partial charge in [0.25, 0.3) is 0 Å². The van der Waals surface area contributed by atoms with Gasteiger partial charge in [-0.15, -0.1) is 0 Å². The van der Waals surface area contributed by atoms with Crippen molar-refractivity contribution < 1.29 is 19.1 Å². The largest absolute Gasteiger partial charge is 0.481 e. The zero-order valence-corrected chi connectivity index (χ0v) is 11.2. The first-order valence-electron chi connectivity index (χ1n) is 6.51. The number of carboxylic acid groups (broad SMARTS) is 1. The molecule has 2 rings (SSSR count). The zero-order chi connectivity index (χ0) is 15.4. The summed E-state index contributed by atoms with van der Waals surface area (Å²) >= 11 is 0. The number of hydrogen-bond acceptors (Lipinski definition) is 3. The van der Waals surface area contributed by atoms with Gasteiger partial charge in [0.15, 0.2) is 0 Å². The molecular weight excluding hydrogens is 277 g/mol. The third kappa shape index (κ3) is 3.28. The van der Waals surface area contributed by atoms with E-state index < -0.39 is 17.8 Å². The highest BCUT2D eigenvalue weighted by molar-refractivity contribution is 5.91. The third-order valence-electron chi connectivity index (χ3n) is 3.42. The second-order valence-corrected chi connectivity index (χ2v) is 4.79. The average Bonchev–Trinajstić information content (AvgIpc) is 2.86. The van der Waals surface area contributed by atoms with E-state index in [2.05, 4.69) is 5.32 Å². The highest BCUT2D eigenvalue weighted by Gasteiger charge is 2.30. The number of benzene rings is 1. The maximum absolute atomic E-state index is 13.5. The van der Waals surface area contributed by atoms with Crippen molar-refractivity contribution in [1.82, 2.24) is 4.90 Å². The maximum atomic E-state index is 13.5. The van der Waals surface area contributed by atoms with Crippen molar-refractivity contribution in [2.75, 3.05) is 11.9 Å². The SMILES string of the molecule is N#Cc1c(F)cccc1NC(=O)N1CCCC1CC(=O)O. The van der Waals surface area contributed by atoms with Crippen molar-refractivity contribution in [2.24, 2.45) is 0 Å². The van der Waals surface area contributed by atoms with Gasteiger partial charge in [-0.2, -0.15) is 5.26 Å². The van der Waals surface area contributed by atoms with Crippen molar-refractivity contribution in [3.05, 3.63) is 29.6 Å². The first kappa shape index (κ1) is 14.8. The summed E-state index contributed by atoms with van der Waals surface area (Å²) in [5.74, 6) is -1.68. The predicted octanol–water partition coefficient (Wildman–Crippen LogP) is 2.17. The van der Waals surface area contributed by atoms with E-state index in [0.717, 1.165) is 12.5 Å². The molecule has 1 aromatic carbocycles. The predicted molar refractivity (Wildman–Crippen MR) is 72.1 cm³/mol. The first-order valence-corrected chi connectivity index (χ1v) is 6.51. The number of carboxylic acids is 1. The third-order valence-corrected chi connectivity index (χ3v) is 3.42. The van der Waals surface area contributed by atoms with E-state index in [-0.39, 0.29) is 23.7 Å². The lowest BCUT2D eigenvalue weighted by Gasteiger charge is -2.24. The Hall–Kier alpha value is -2.62. The molecule has 1 aliphatic heterocycles.